The number of hydrogen-bond donors (Lipinski definition) is 1. The van der Waals surface area contributed by atoms with Crippen molar-refractivity contribution in [3.63, 3.8) is 0 Å². The van der Waals surface area contributed by atoms with Gasteiger partial charge in [-0.05, 0) is 22.1 Å². The van der Waals surface area contributed by atoms with Crippen LogP contribution in [0.4, 0.5) is 0 Å². The van der Waals surface area contributed by atoms with Gasteiger partial charge in [0.2, 0.25) is 5.16 Å². The van der Waals surface area contributed by atoms with E-state index in [0.717, 1.165) is 28.5 Å². The second-order valence-electron chi connectivity index (χ2n) is 4.67. The number of thioether (sulfide) groups is 1. The Morgan fingerprint density at radius 2 is 2.15 bits per heavy atom. The van der Waals surface area contributed by atoms with E-state index in [-0.39, 0.29) is 0 Å². The second kappa shape index (κ2) is 7.75. The molecule has 1 aromatic heterocycles. The number of halogens is 1. The number of nitrogens with zero attached hydrogens (tertiary/aromatic N) is 4. The molecule has 0 fully saturated rings. The van der Waals surface area contributed by atoms with Crippen molar-refractivity contribution < 1.29 is 0 Å². The molecule has 1 aromatic carbocycles. The Morgan fingerprint density at radius 1 is 1.35 bits per heavy atom. The van der Waals surface area contributed by atoms with Crippen LogP contribution in [0.2, 0.25) is 0 Å². The van der Waals surface area contributed by atoms with Gasteiger partial charge in [0.25, 0.3) is 0 Å². The van der Waals surface area contributed by atoms with Gasteiger partial charge < -0.3 is 5.32 Å². The summed E-state index contributed by atoms with van der Waals surface area (Å²) in [4.78, 5) is 0. The Kier molecular flexibility index (Phi) is 6.00. The lowest BCUT2D eigenvalue weighted by molar-refractivity contribution is 0.485. The summed E-state index contributed by atoms with van der Waals surface area (Å²) in [6.45, 7) is 5.90. The Morgan fingerprint density at radius 3 is 2.90 bits per heavy atom. The molecule has 0 unspecified atom stereocenters. The van der Waals surface area contributed by atoms with Gasteiger partial charge in [0, 0.05) is 22.8 Å². The van der Waals surface area contributed by atoms with Gasteiger partial charge in [0.05, 0.1) is 6.54 Å². The molecule has 20 heavy (non-hydrogen) atoms. The van der Waals surface area contributed by atoms with E-state index < -0.39 is 0 Å². The summed E-state index contributed by atoms with van der Waals surface area (Å²) < 4.78 is 2.96. The first kappa shape index (κ1) is 15.5. The third-order valence-corrected chi connectivity index (χ3v) is 4.47. The van der Waals surface area contributed by atoms with Crippen molar-refractivity contribution in [1.82, 2.24) is 25.5 Å². The van der Waals surface area contributed by atoms with Crippen LogP contribution in [0, 0.1) is 0 Å². The van der Waals surface area contributed by atoms with Crippen molar-refractivity contribution in [1.29, 1.82) is 0 Å². The van der Waals surface area contributed by atoms with Crippen LogP contribution < -0.4 is 5.32 Å². The molecule has 0 bridgehead atoms. The predicted octanol–water partition coefficient (Wildman–Crippen LogP) is 2.73. The molecule has 0 saturated heterocycles. The highest BCUT2D eigenvalue weighted by Gasteiger charge is 2.08. The molecule has 108 valence electrons. The summed E-state index contributed by atoms with van der Waals surface area (Å²) in [5.74, 6) is 0.847. The molecule has 0 aliphatic carbocycles. The van der Waals surface area contributed by atoms with Gasteiger partial charge in [0.1, 0.15) is 0 Å². The van der Waals surface area contributed by atoms with E-state index in [9.17, 15) is 0 Å². The van der Waals surface area contributed by atoms with Crippen molar-refractivity contribution in [2.45, 2.75) is 37.3 Å². The summed E-state index contributed by atoms with van der Waals surface area (Å²) in [6.07, 6.45) is 0. The average Bonchev–Trinajstić information content (AvgIpc) is 2.85. The molecule has 0 radical (unpaired) electrons. The summed E-state index contributed by atoms with van der Waals surface area (Å²) >= 11 is 5.20. The quantitative estimate of drug-likeness (QED) is 0.773. The van der Waals surface area contributed by atoms with E-state index in [4.69, 9.17) is 0 Å². The normalized spacial score (nSPS) is 11.2. The van der Waals surface area contributed by atoms with Crippen molar-refractivity contribution in [3.8, 4) is 0 Å². The molecule has 1 N–H and O–H groups in total. The first-order valence-electron chi connectivity index (χ1n) is 6.52. The van der Waals surface area contributed by atoms with Gasteiger partial charge in [-0.25, -0.2) is 4.68 Å². The lowest BCUT2D eigenvalue weighted by atomic mass is 10.2. The summed E-state index contributed by atoms with van der Waals surface area (Å²) in [6, 6.07) is 8.68. The van der Waals surface area contributed by atoms with Gasteiger partial charge in [-0.15, -0.1) is 5.10 Å². The largest absolute Gasteiger partial charge is 0.313 e. The molecule has 0 aliphatic rings. The molecular formula is C13H18BrN5S. The van der Waals surface area contributed by atoms with Crippen LogP contribution in [0.1, 0.15) is 19.4 Å². The van der Waals surface area contributed by atoms with Crippen molar-refractivity contribution in [2.24, 2.45) is 0 Å². The minimum atomic E-state index is 0.475. The predicted molar refractivity (Wildman–Crippen MR) is 84.7 cm³/mol. The van der Waals surface area contributed by atoms with Crippen molar-refractivity contribution in [3.05, 3.63) is 34.3 Å². The minimum absolute atomic E-state index is 0.475. The third kappa shape index (κ3) is 4.57. The Hall–Kier alpha value is -0.920. The number of rotatable bonds is 7. The van der Waals surface area contributed by atoms with E-state index in [1.807, 2.05) is 22.9 Å². The first-order chi connectivity index (χ1) is 9.66. The zero-order valence-corrected chi connectivity index (χ0v) is 14.0. The summed E-state index contributed by atoms with van der Waals surface area (Å²) in [5.41, 5.74) is 1.24. The number of benzene rings is 1. The van der Waals surface area contributed by atoms with Gasteiger partial charge in [-0.1, -0.05) is 59.7 Å². The maximum absolute atomic E-state index is 4.08. The van der Waals surface area contributed by atoms with E-state index in [1.165, 1.54) is 5.56 Å². The topological polar surface area (TPSA) is 55.6 Å². The zero-order valence-electron chi connectivity index (χ0n) is 11.6. The molecule has 0 spiro atoms. The fourth-order valence-corrected chi connectivity index (χ4v) is 3.17. The van der Waals surface area contributed by atoms with Crippen LogP contribution in [0.5, 0.6) is 0 Å². The van der Waals surface area contributed by atoms with Gasteiger partial charge >= 0.3 is 0 Å². The molecule has 0 aliphatic heterocycles. The minimum Gasteiger partial charge on any atom is -0.313 e. The fraction of sp³-hybridized carbons (Fsp3) is 0.462. The van der Waals surface area contributed by atoms with Crippen LogP contribution in [-0.2, 0) is 12.3 Å². The fourth-order valence-electron chi connectivity index (χ4n) is 1.66. The number of nitrogens with one attached hydrogen (secondary N) is 1. The Bertz CT molecular complexity index is 543. The van der Waals surface area contributed by atoms with Crippen molar-refractivity contribution in [2.75, 3.05) is 6.54 Å². The molecule has 0 amide bonds. The smallest absolute Gasteiger partial charge is 0.209 e. The monoisotopic (exact) mass is 355 g/mol. The Labute approximate surface area is 131 Å². The lowest BCUT2D eigenvalue weighted by Gasteiger charge is -2.08. The van der Waals surface area contributed by atoms with Crippen LogP contribution in [-0.4, -0.2) is 32.8 Å². The summed E-state index contributed by atoms with van der Waals surface area (Å²) in [7, 11) is 0. The Balaban J connectivity index is 1.90. The number of hydrogen-bond acceptors (Lipinski definition) is 5. The molecule has 0 saturated carbocycles. The van der Waals surface area contributed by atoms with Crippen LogP contribution in [0.15, 0.2) is 33.9 Å². The highest BCUT2D eigenvalue weighted by atomic mass is 79.9. The second-order valence-corrected chi connectivity index (χ2v) is 6.47. The SMILES string of the molecule is CC(C)NCCn1nnnc1SCc1ccccc1Br. The third-order valence-electron chi connectivity index (χ3n) is 2.69. The molecule has 2 rings (SSSR count). The van der Waals surface area contributed by atoms with Crippen LogP contribution in [0.25, 0.3) is 0 Å². The molecule has 0 atom stereocenters. The molecule has 1 heterocycles. The highest BCUT2D eigenvalue weighted by Crippen LogP contribution is 2.24. The molecule has 5 nitrogen and oxygen atoms in total. The van der Waals surface area contributed by atoms with Gasteiger partial charge in [0.15, 0.2) is 0 Å². The molecular weight excluding hydrogens is 338 g/mol. The maximum atomic E-state index is 4.08. The van der Waals surface area contributed by atoms with Crippen LogP contribution in [0.3, 0.4) is 0 Å². The number of tetrazole rings is 1. The number of aromatic nitrogens is 4. The maximum Gasteiger partial charge on any atom is 0.209 e. The van der Waals surface area contributed by atoms with E-state index in [2.05, 4.69) is 56.7 Å². The van der Waals surface area contributed by atoms with Gasteiger partial charge in [-0.3, -0.25) is 0 Å². The van der Waals surface area contributed by atoms with Gasteiger partial charge in [-0.2, -0.15) is 0 Å². The first-order valence-corrected chi connectivity index (χ1v) is 8.30. The highest BCUT2D eigenvalue weighted by molar-refractivity contribution is 9.10. The standard InChI is InChI=1S/C13H18BrN5S/c1-10(2)15-7-8-19-13(16-17-18-19)20-9-11-5-3-4-6-12(11)14/h3-6,10,15H,7-9H2,1-2H3. The molecule has 7 heteroatoms. The van der Waals surface area contributed by atoms with E-state index in [0.29, 0.717) is 6.04 Å². The lowest BCUT2D eigenvalue weighted by Crippen LogP contribution is -2.27. The molecule has 2 aromatic rings. The van der Waals surface area contributed by atoms with E-state index >= 15 is 0 Å². The summed E-state index contributed by atoms with van der Waals surface area (Å²) in [5, 5.41) is 16.1. The van der Waals surface area contributed by atoms with Crippen LogP contribution >= 0.6 is 27.7 Å². The van der Waals surface area contributed by atoms with E-state index in [1.54, 1.807) is 11.8 Å². The van der Waals surface area contributed by atoms with Crippen molar-refractivity contribution >= 4 is 27.7 Å². The average molecular weight is 356 g/mol. The zero-order chi connectivity index (χ0) is 14.4.